The lowest BCUT2D eigenvalue weighted by Crippen LogP contribution is -2.11. The number of aliphatic carboxylic acids is 1. The summed E-state index contributed by atoms with van der Waals surface area (Å²) in [7, 11) is 0. The van der Waals surface area contributed by atoms with Crippen molar-refractivity contribution in [2.45, 2.75) is 24.0 Å². The first-order chi connectivity index (χ1) is 11.3. The molecular weight excluding hydrogens is 398 g/mol. The fourth-order valence-electron chi connectivity index (χ4n) is 1.82. The summed E-state index contributed by atoms with van der Waals surface area (Å²) < 4.78 is 6.21. The summed E-state index contributed by atoms with van der Waals surface area (Å²) in [6.45, 7) is 3.51. The highest BCUT2D eigenvalue weighted by Crippen LogP contribution is 2.35. The molecule has 6 nitrogen and oxygen atoms in total. The zero-order valence-electron chi connectivity index (χ0n) is 12.9. The SMILES string of the molecule is Cc1ccc(Oc2ccc([N+](=O)[O-])cc2Br)cc1SC(C)C(=O)O. The van der Waals surface area contributed by atoms with Gasteiger partial charge >= 0.3 is 5.97 Å². The molecule has 0 aliphatic heterocycles. The minimum atomic E-state index is -0.885. The highest BCUT2D eigenvalue weighted by molar-refractivity contribution is 9.10. The first-order valence-corrected chi connectivity index (χ1v) is 8.57. The van der Waals surface area contributed by atoms with Crippen molar-refractivity contribution in [3.05, 3.63) is 56.5 Å². The van der Waals surface area contributed by atoms with E-state index in [1.54, 1.807) is 19.1 Å². The molecule has 0 aromatic heterocycles. The van der Waals surface area contributed by atoms with Crippen LogP contribution in [-0.2, 0) is 4.79 Å². The van der Waals surface area contributed by atoms with Crippen LogP contribution in [0, 0.1) is 17.0 Å². The van der Waals surface area contributed by atoms with Gasteiger partial charge in [-0.3, -0.25) is 14.9 Å². The molecule has 0 heterocycles. The summed E-state index contributed by atoms with van der Waals surface area (Å²) in [5, 5.41) is 19.2. The molecular formula is C16H14BrNO5S. The largest absolute Gasteiger partial charge is 0.480 e. The van der Waals surface area contributed by atoms with Crippen molar-refractivity contribution in [2.24, 2.45) is 0 Å². The molecule has 1 unspecified atom stereocenters. The van der Waals surface area contributed by atoms with Crippen LogP contribution in [0.15, 0.2) is 45.8 Å². The van der Waals surface area contributed by atoms with E-state index in [2.05, 4.69) is 15.9 Å². The number of carboxylic acid groups (broad SMARTS) is 1. The lowest BCUT2D eigenvalue weighted by molar-refractivity contribution is -0.384. The number of nitrogens with zero attached hydrogens (tertiary/aromatic N) is 1. The first-order valence-electron chi connectivity index (χ1n) is 6.90. The minimum absolute atomic E-state index is 0.0374. The van der Waals surface area contributed by atoms with Crippen LogP contribution in [0.4, 0.5) is 5.69 Å². The van der Waals surface area contributed by atoms with E-state index in [9.17, 15) is 14.9 Å². The maximum atomic E-state index is 11.0. The first kappa shape index (κ1) is 18.3. The Morgan fingerprint density at radius 2 is 2.04 bits per heavy atom. The zero-order valence-corrected chi connectivity index (χ0v) is 15.3. The Bertz CT molecular complexity index is 796. The summed E-state index contributed by atoms with van der Waals surface area (Å²) in [6.07, 6.45) is 0. The van der Waals surface area contributed by atoms with Crippen LogP contribution in [-0.4, -0.2) is 21.2 Å². The van der Waals surface area contributed by atoms with Crippen molar-refractivity contribution >= 4 is 39.3 Å². The second kappa shape index (κ2) is 7.67. The van der Waals surface area contributed by atoms with Gasteiger partial charge < -0.3 is 9.84 Å². The van der Waals surface area contributed by atoms with Gasteiger partial charge in [-0.2, -0.15) is 0 Å². The Balaban J connectivity index is 2.24. The topological polar surface area (TPSA) is 89.7 Å². The quantitative estimate of drug-likeness (QED) is 0.407. The Kier molecular flexibility index (Phi) is 5.84. The number of halogens is 1. The Hall–Kier alpha value is -2.06. The van der Waals surface area contributed by atoms with Gasteiger partial charge in [-0.05, 0) is 53.5 Å². The van der Waals surface area contributed by atoms with Gasteiger partial charge in [0.05, 0.1) is 9.40 Å². The van der Waals surface area contributed by atoms with E-state index in [1.165, 1.54) is 30.0 Å². The number of hydrogen-bond acceptors (Lipinski definition) is 5. The van der Waals surface area contributed by atoms with Gasteiger partial charge in [0.15, 0.2) is 0 Å². The molecule has 0 aliphatic rings. The zero-order chi connectivity index (χ0) is 17.9. The molecule has 0 radical (unpaired) electrons. The second-order valence-corrected chi connectivity index (χ2v) is 7.24. The molecule has 0 bridgehead atoms. The van der Waals surface area contributed by atoms with E-state index in [0.29, 0.717) is 16.0 Å². The normalized spacial score (nSPS) is 11.8. The van der Waals surface area contributed by atoms with Gasteiger partial charge in [-0.15, -0.1) is 11.8 Å². The maximum absolute atomic E-state index is 11.0. The number of nitro benzene ring substituents is 1. The lowest BCUT2D eigenvalue weighted by Gasteiger charge is -2.12. The summed E-state index contributed by atoms with van der Waals surface area (Å²) >= 11 is 4.49. The number of non-ortho nitro benzene ring substituents is 1. The summed E-state index contributed by atoms with van der Waals surface area (Å²) in [5.74, 6) is 0.0748. The number of nitro groups is 1. The highest BCUT2D eigenvalue weighted by atomic mass is 79.9. The predicted molar refractivity (Wildman–Crippen MR) is 95.0 cm³/mol. The number of aryl methyl sites for hydroxylation is 1. The number of ether oxygens (including phenoxy) is 1. The number of thioether (sulfide) groups is 1. The average Bonchev–Trinajstić information content (AvgIpc) is 2.52. The lowest BCUT2D eigenvalue weighted by atomic mass is 10.2. The molecule has 24 heavy (non-hydrogen) atoms. The number of hydrogen-bond donors (Lipinski definition) is 1. The smallest absolute Gasteiger partial charge is 0.316 e. The molecule has 0 amide bonds. The molecule has 0 aliphatic carbocycles. The van der Waals surface area contributed by atoms with Crippen molar-refractivity contribution in [3.8, 4) is 11.5 Å². The fraction of sp³-hybridized carbons (Fsp3) is 0.188. The van der Waals surface area contributed by atoms with E-state index >= 15 is 0 Å². The van der Waals surface area contributed by atoms with Crippen LogP contribution in [0.2, 0.25) is 0 Å². The third-order valence-electron chi connectivity index (χ3n) is 3.17. The fourth-order valence-corrected chi connectivity index (χ4v) is 3.19. The maximum Gasteiger partial charge on any atom is 0.316 e. The summed E-state index contributed by atoms with van der Waals surface area (Å²) in [6, 6.07) is 9.59. The van der Waals surface area contributed by atoms with Gasteiger partial charge in [-0.25, -0.2) is 0 Å². The van der Waals surface area contributed by atoms with Gasteiger partial charge in [0.25, 0.3) is 5.69 Å². The van der Waals surface area contributed by atoms with Crippen molar-refractivity contribution in [1.29, 1.82) is 0 Å². The molecule has 2 aromatic rings. The van der Waals surface area contributed by atoms with Crippen molar-refractivity contribution < 1.29 is 19.6 Å². The number of rotatable bonds is 6. The molecule has 0 fully saturated rings. The average molecular weight is 412 g/mol. The van der Waals surface area contributed by atoms with Crippen LogP contribution < -0.4 is 4.74 Å². The molecule has 2 rings (SSSR count). The third kappa shape index (κ3) is 4.48. The molecule has 0 saturated heterocycles. The second-order valence-electron chi connectivity index (χ2n) is 5.00. The predicted octanol–water partition coefficient (Wildman–Crippen LogP) is 5.02. The van der Waals surface area contributed by atoms with Gasteiger partial charge in [0, 0.05) is 17.0 Å². The van der Waals surface area contributed by atoms with E-state index in [-0.39, 0.29) is 5.69 Å². The molecule has 8 heteroatoms. The monoisotopic (exact) mass is 411 g/mol. The summed E-state index contributed by atoms with van der Waals surface area (Å²) in [4.78, 5) is 22.1. The number of carbonyl (C=O) groups is 1. The standard InChI is InChI=1S/C16H14BrNO5S/c1-9-3-5-12(8-15(9)24-10(2)16(19)20)23-14-6-4-11(18(21)22)7-13(14)17/h3-8,10H,1-2H3,(H,19,20). The van der Waals surface area contributed by atoms with Gasteiger partial charge in [0.2, 0.25) is 0 Å². The Labute approximate surface area is 151 Å². The van der Waals surface area contributed by atoms with E-state index in [4.69, 9.17) is 9.84 Å². The van der Waals surface area contributed by atoms with Crippen LogP contribution >= 0.6 is 27.7 Å². The van der Waals surface area contributed by atoms with Crippen molar-refractivity contribution in [1.82, 2.24) is 0 Å². The van der Waals surface area contributed by atoms with Gasteiger partial charge in [0.1, 0.15) is 16.7 Å². The Morgan fingerprint density at radius 1 is 1.33 bits per heavy atom. The minimum Gasteiger partial charge on any atom is -0.480 e. The van der Waals surface area contributed by atoms with Crippen LogP contribution in [0.5, 0.6) is 11.5 Å². The van der Waals surface area contributed by atoms with Crippen molar-refractivity contribution in [2.75, 3.05) is 0 Å². The number of benzene rings is 2. The molecule has 0 saturated carbocycles. The molecule has 1 atom stereocenters. The van der Waals surface area contributed by atoms with Crippen molar-refractivity contribution in [3.63, 3.8) is 0 Å². The van der Waals surface area contributed by atoms with E-state index in [0.717, 1.165) is 10.5 Å². The van der Waals surface area contributed by atoms with Crippen LogP contribution in [0.1, 0.15) is 12.5 Å². The molecule has 126 valence electrons. The molecule has 1 N–H and O–H groups in total. The summed E-state index contributed by atoms with van der Waals surface area (Å²) in [5.41, 5.74) is 0.910. The molecule has 0 spiro atoms. The molecule has 2 aromatic carbocycles. The van der Waals surface area contributed by atoms with E-state index < -0.39 is 16.1 Å². The highest BCUT2D eigenvalue weighted by Gasteiger charge is 2.15. The Morgan fingerprint density at radius 3 is 2.62 bits per heavy atom. The third-order valence-corrected chi connectivity index (χ3v) is 5.03. The van der Waals surface area contributed by atoms with Gasteiger partial charge in [-0.1, -0.05) is 6.07 Å². The number of carboxylic acids is 1. The van der Waals surface area contributed by atoms with Crippen LogP contribution in [0.3, 0.4) is 0 Å². The van der Waals surface area contributed by atoms with E-state index in [1.807, 2.05) is 13.0 Å². The van der Waals surface area contributed by atoms with Crippen LogP contribution in [0.25, 0.3) is 0 Å².